The lowest BCUT2D eigenvalue weighted by atomic mass is 10.3. The summed E-state index contributed by atoms with van der Waals surface area (Å²) in [6, 6.07) is 10.6. The van der Waals surface area contributed by atoms with Gasteiger partial charge < -0.3 is 20.6 Å². The molecule has 29 heavy (non-hydrogen) atoms. The Morgan fingerprint density at radius 3 is 2.38 bits per heavy atom. The van der Waals surface area contributed by atoms with Crippen LogP contribution >= 0.6 is 0 Å². The van der Waals surface area contributed by atoms with Crippen LogP contribution < -0.4 is 21.5 Å². The number of halogens is 1. The molecule has 0 radical (unpaired) electrons. The van der Waals surface area contributed by atoms with Gasteiger partial charge in [0, 0.05) is 11.4 Å². The maximum Gasteiger partial charge on any atom is 0.323 e. The summed E-state index contributed by atoms with van der Waals surface area (Å²) >= 11 is 0. The zero-order chi connectivity index (χ0) is 20.6. The summed E-state index contributed by atoms with van der Waals surface area (Å²) in [5, 5.41) is 10.7. The fourth-order valence-electron chi connectivity index (χ4n) is 2.62. The Hall–Kier alpha value is -3.77. The van der Waals surface area contributed by atoms with E-state index in [4.69, 9.17) is 5.14 Å². The molecule has 2 aromatic heterocycles. The van der Waals surface area contributed by atoms with Crippen molar-refractivity contribution in [3.05, 3.63) is 65.0 Å². The fourth-order valence-corrected chi connectivity index (χ4v) is 3.13. The molecule has 0 atom stereocenters. The second kappa shape index (κ2) is 7.00. The normalized spacial score (nSPS) is 11.5. The highest BCUT2D eigenvalue weighted by molar-refractivity contribution is 7.89. The average Bonchev–Trinajstić information content (AvgIpc) is 3.03. The van der Waals surface area contributed by atoms with Gasteiger partial charge in [0.05, 0.1) is 22.1 Å². The molecular weight excluding hydrogens is 401 g/mol. The molecule has 0 fully saturated rings. The second-order valence-electron chi connectivity index (χ2n) is 6.05. The van der Waals surface area contributed by atoms with Crippen molar-refractivity contribution in [3.8, 4) is 0 Å². The standard InChI is InChI=1S/C17H14FN7O3S/c18-12-8-20-16(22-9-1-4-11(5-2-9)29(19,27)28)25-15(12)21-10-3-6-13-14(7-10)24-17(26)23-13/h1-8H,(H2,19,27,28)(H2,23,24,26)(H2,20,21,22,25). The van der Waals surface area contributed by atoms with Gasteiger partial charge in [0.15, 0.2) is 11.6 Å². The summed E-state index contributed by atoms with van der Waals surface area (Å²) in [6.45, 7) is 0. The Balaban J connectivity index is 1.57. The van der Waals surface area contributed by atoms with Gasteiger partial charge in [0.2, 0.25) is 16.0 Å². The van der Waals surface area contributed by atoms with Gasteiger partial charge in [-0.25, -0.2) is 27.7 Å². The van der Waals surface area contributed by atoms with E-state index < -0.39 is 15.8 Å². The van der Waals surface area contributed by atoms with Crippen LogP contribution in [0, 0.1) is 5.82 Å². The van der Waals surface area contributed by atoms with E-state index in [0.717, 1.165) is 6.20 Å². The molecule has 0 aliphatic carbocycles. The minimum Gasteiger partial charge on any atom is -0.338 e. The summed E-state index contributed by atoms with van der Waals surface area (Å²) in [5.41, 5.74) is 1.83. The molecule has 10 nitrogen and oxygen atoms in total. The third kappa shape index (κ3) is 4.07. The lowest BCUT2D eigenvalue weighted by Crippen LogP contribution is -2.11. The summed E-state index contributed by atoms with van der Waals surface area (Å²) in [6.07, 6.45) is 0.993. The Morgan fingerprint density at radius 1 is 0.966 bits per heavy atom. The first kappa shape index (κ1) is 18.6. The smallest absolute Gasteiger partial charge is 0.323 e. The highest BCUT2D eigenvalue weighted by atomic mass is 32.2. The first-order valence-corrected chi connectivity index (χ1v) is 9.74. The third-order valence-electron chi connectivity index (χ3n) is 3.96. The molecule has 0 spiro atoms. The lowest BCUT2D eigenvalue weighted by Gasteiger charge is -2.10. The monoisotopic (exact) mass is 415 g/mol. The van der Waals surface area contributed by atoms with Gasteiger partial charge in [0.25, 0.3) is 0 Å². The van der Waals surface area contributed by atoms with E-state index >= 15 is 0 Å². The molecule has 0 aliphatic heterocycles. The highest BCUT2D eigenvalue weighted by Gasteiger charge is 2.10. The summed E-state index contributed by atoms with van der Waals surface area (Å²) in [7, 11) is -3.80. The van der Waals surface area contributed by atoms with Crippen molar-refractivity contribution < 1.29 is 12.8 Å². The third-order valence-corrected chi connectivity index (χ3v) is 4.89. The molecular formula is C17H14FN7O3S. The van der Waals surface area contributed by atoms with Crippen LogP contribution in [0.1, 0.15) is 0 Å². The van der Waals surface area contributed by atoms with E-state index in [2.05, 4.69) is 30.6 Å². The number of rotatable bonds is 5. The van der Waals surface area contributed by atoms with E-state index in [-0.39, 0.29) is 22.4 Å². The molecule has 2 aromatic carbocycles. The van der Waals surface area contributed by atoms with Crippen molar-refractivity contribution in [1.29, 1.82) is 0 Å². The Morgan fingerprint density at radius 2 is 1.66 bits per heavy atom. The van der Waals surface area contributed by atoms with E-state index in [1.807, 2.05) is 0 Å². The number of nitrogens with zero attached hydrogens (tertiary/aromatic N) is 2. The summed E-state index contributed by atoms with van der Waals surface area (Å²) in [5.74, 6) is -0.669. The zero-order valence-corrected chi connectivity index (χ0v) is 15.4. The van der Waals surface area contributed by atoms with Gasteiger partial charge in [-0.05, 0) is 42.5 Å². The SMILES string of the molecule is NS(=O)(=O)c1ccc(Nc2ncc(F)c(Nc3ccc4[nH]c(=O)[nH]c4c3)n2)cc1. The van der Waals surface area contributed by atoms with Gasteiger partial charge in [0.1, 0.15) is 0 Å². The second-order valence-corrected chi connectivity index (χ2v) is 7.61. The number of aromatic amines is 2. The Labute approximate surface area is 163 Å². The first-order valence-electron chi connectivity index (χ1n) is 8.19. The number of fused-ring (bicyclic) bond motifs is 1. The highest BCUT2D eigenvalue weighted by Crippen LogP contribution is 2.22. The van der Waals surface area contributed by atoms with Gasteiger partial charge in [-0.3, -0.25) is 0 Å². The molecule has 0 aliphatic rings. The van der Waals surface area contributed by atoms with Crippen LogP contribution in [0.4, 0.5) is 27.5 Å². The van der Waals surface area contributed by atoms with E-state index in [0.29, 0.717) is 22.4 Å². The van der Waals surface area contributed by atoms with E-state index in [9.17, 15) is 17.6 Å². The van der Waals surface area contributed by atoms with Crippen LogP contribution in [0.2, 0.25) is 0 Å². The minimum atomic E-state index is -3.80. The van der Waals surface area contributed by atoms with E-state index in [1.165, 1.54) is 24.3 Å². The van der Waals surface area contributed by atoms with Gasteiger partial charge in [-0.1, -0.05) is 0 Å². The molecule has 4 rings (SSSR count). The summed E-state index contributed by atoms with van der Waals surface area (Å²) in [4.78, 5) is 24.5. The van der Waals surface area contributed by atoms with Gasteiger partial charge >= 0.3 is 5.69 Å². The molecule has 0 bridgehead atoms. The molecule has 0 saturated carbocycles. The van der Waals surface area contributed by atoms with Crippen molar-refractivity contribution in [1.82, 2.24) is 19.9 Å². The number of sulfonamides is 1. The minimum absolute atomic E-state index is 0.0383. The number of H-pyrrole nitrogens is 2. The number of nitrogens with one attached hydrogen (secondary N) is 4. The van der Waals surface area contributed by atoms with Crippen molar-refractivity contribution in [2.24, 2.45) is 5.14 Å². The molecule has 2 heterocycles. The van der Waals surface area contributed by atoms with Gasteiger partial charge in [-0.15, -0.1) is 0 Å². The Bertz CT molecular complexity index is 1360. The molecule has 4 aromatic rings. The fraction of sp³-hybridized carbons (Fsp3) is 0. The summed E-state index contributed by atoms with van der Waals surface area (Å²) < 4.78 is 36.7. The van der Waals surface area contributed by atoms with Crippen molar-refractivity contribution in [2.45, 2.75) is 4.90 Å². The van der Waals surface area contributed by atoms with Crippen LogP contribution in [0.5, 0.6) is 0 Å². The van der Waals surface area contributed by atoms with Crippen LogP contribution in [0.15, 0.2) is 58.4 Å². The number of hydrogen-bond donors (Lipinski definition) is 5. The number of anilines is 4. The van der Waals surface area contributed by atoms with Crippen LogP contribution in [-0.2, 0) is 10.0 Å². The van der Waals surface area contributed by atoms with Crippen molar-refractivity contribution in [2.75, 3.05) is 10.6 Å². The van der Waals surface area contributed by atoms with Gasteiger partial charge in [-0.2, -0.15) is 4.98 Å². The lowest BCUT2D eigenvalue weighted by molar-refractivity contribution is 0.598. The quantitative estimate of drug-likeness (QED) is 0.333. The molecule has 0 saturated heterocycles. The average molecular weight is 415 g/mol. The van der Waals surface area contributed by atoms with Crippen molar-refractivity contribution in [3.63, 3.8) is 0 Å². The number of imidazole rings is 1. The Kier molecular flexibility index (Phi) is 4.48. The first-order chi connectivity index (χ1) is 13.8. The van der Waals surface area contributed by atoms with Crippen LogP contribution in [0.3, 0.4) is 0 Å². The zero-order valence-electron chi connectivity index (χ0n) is 14.6. The maximum atomic E-state index is 14.1. The number of nitrogens with two attached hydrogens (primary N) is 1. The van der Waals surface area contributed by atoms with Crippen LogP contribution in [-0.4, -0.2) is 28.4 Å². The molecule has 0 unspecified atom stereocenters. The van der Waals surface area contributed by atoms with E-state index in [1.54, 1.807) is 18.2 Å². The molecule has 148 valence electrons. The molecule has 6 N–H and O–H groups in total. The van der Waals surface area contributed by atoms with Crippen LogP contribution in [0.25, 0.3) is 11.0 Å². The molecule has 0 amide bonds. The number of primary sulfonamides is 1. The maximum absolute atomic E-state index is 14.1. The predicted molar refractivity (Wildman–Crippen MR) is 105 cm³/mol. The number of aromatic nitrogens is 4. The molecule has 12 heteroatoms. The number of hydrogen-bond acceptors (Lipinski definition) is 7. The largest absolute Gasteiger partial charge is 0.338 e. The predicted octanol–water partition coefficient (Wildman–Crippen LogP) is 1.92. The number of benzene rings is 2. The van der Waals surface area contributed by atoms with Crippen molar-refractivity contribution >= 4 is 44.2 Å². The topological polar surface area (TPSA) is 159 Å².